The highest BCUT2D eigenvalue weighted by Crippen LogP contribution is 2.24. The fraction of sp³-hybridized carbons (Fsp3) is 0.316. The van der Waals surface area contributed by atoms with Crippen LogP contribution in [0.5, 0.6) is 0 Å². The molecule has 1 amide bonds. The van der Waals surface area contributed by atoms with Gasteiger partial charge in [-0.15, -0.1) is 0 Å². The number of carboxylic acid groups (broad SMARTS) is 1. The van der Waals surface area contributed by atoms with Crippen molar-refractivity contribution in [2.24, 2.45) is 5.92 Å². The van der Waals surface area contributed by atoms with Crippen LogP contribution in [0.4, 0.5) is 0 Å². The minimum Gasteiger partial charge on any atom is -0.478 e. The Bertz CT molecular complexity index is 768. The van der Waals surface area contributed by atoms with Crippen molar-refractivity contribution >= 4 is 23.5 Å². The first-order valence-corrected chi connectivity index (χ1v) is 8.64. The molecule has 0 bridgehead atoms. The molecule has 0 saturated carbocycles. The summed E-state index contributed by atoms with van der Waals surface area (Å²) in [5.74, 6) is -0.596. The lowest BCUT2D eigenvalue weighted by atomic mass is 9.88. The lowest BCUT2D eigenvalue weighted by molar-refractivity contribution is 0.0684. The average molecular weight is 359 g/mol. The summed E-state index contributed by atoms with van der Waals surface area (Å²) in [6, 6.07) is 10.4. The van der Waals surface area contributed by atoms with Gasteiger partial charge in [-0.3, -0.25) is 4.79 Å². The van der Waals surface area contributed by atoms with Crippen LogP contribution in [0.3, 0.4) is 0 Å². The summed E-state index contributed by atoms with van der Waals surface area (Å²) in [5, 5.41) is 9.79. The smallest absolute Gasteiger partial charge is 0.335 e. The summed E-state index contributed by atoms with van der Waals surface area (Å²) in [4.78, 5) is 29.7. The number of carbonyl (C=O) groups is 2. The van der Waals surface area contributed by atoms with Crippen LogP contribution in [0.1, 0.15) is 39.3 Å². The van der Waals surface area contributed by atoms with Crippen LogP contribution < -0.4 is 0 Å². The molecular formula is C19H19ClN2O3. The van der Waals surface area contributed by atoms with Crippen molar-refractivity contribution in [3.05, 3.63) is 64.4 Å². The molecule has 0 aliphatic carbocycles. The number of hydrogen-bond donors (Lipinski definition) is 1. The first-order valence-electron chi connectivity index (χ1n) is 8.26. The van der Waals surface area contributed by atoms with E-state index in [1.807, 2.05) is 12.1 Å². The predicted molar refractivity (Wildman–Crippen MR) is 95.0 cm³/mol. The maximum Gasteiger partial charge on any atom is 0.335 e. The zero-order chi connectivity index (χ0) is 17.8. The van der Waals surface area contributed by atoms with E-state index in [1.54, 1.807) is 29.2 Å². The Morgan fingerprint density at radius 1 is 1.16 bits per heavy atom. The third-order valence-electron chi connectivity index (χ3n) is 4.60. The van der Waals surface area contributed by atoms with Crippen molar-refractivity contribution in [1.29, 1.82) is 0 Å². The molecule has 0 radical (unpaired) electrons. The van der Waals surface area contributed by atoms with Crippen LogP contribution in [0, 0.1) is 5.92 Å². The van der Waals surface area contributed by atoms with Gasteiger partial charge in [0.05, 0.1) is 10.6 Å². The van der Waals surface area contributed by atoms with Gasteiger partial charge in [-0.25, -0.2) is 9.78 Å². The van der Waals surface area contributed by atoms with Gasteiger partial charge in [-0.2, -0.15) is 0 Å². The number of nitrogens with zero attached hydrogens (tertiary/aromatic N) is 2. The molecule has 3 rings (SSSR count). The third-order valence-corrected chi connectivity index (χ3v) is 4.83. The van der Waals surface area contributed by atoms with Crippen molar-refractivity contribution in [2.45, 2.75) is 19.3 Å². The van der Waals surface area contributed by atoms with E-state index in [-0.39, 0.29) is 5.91 Å². The minimum absolute atomic E-state index is 0.0824. The van der Waals surface area contributed by atoms with E-state index < -0.39 is 5.97 Å². The van der Waals surface area contributed by atoms with E-state index in [4.69, 9.17) is 11.6 Å². The first-order chi connectivity index (χ1) is 12.0. The number of aromatic nitrogens is 1. The molecule has 0 unspecified atom stereocenters. The number of likely N-dealkylation sites (tertiary alicyclic amines) is 1. The van der Waals surface area contributed by atoms with Crippen LogP contribution in [-0.4, -0.2) is 40.0 Å². The van der Waals surface area contributed by atoms with E-state index in [1.165, 1.54) is 6.20 Å². The number of halogens is 1. The lowest BCUT2D eigenvalue weighted by Crippen LogP contribution is -2.39. The fourth-order valence-electron chi connectivity index (χ4n) is 3.22. The number of carbonyl (C=O) groups excluding carboxylic acids is 1. The van der Waals surface area contributed by atoms with Gasteiger partial charge in [0.2, 0.25) is 0 Å². The van der Waals surface area contributed by atoms with Crippen LogP contribution in [0.2, 0.25) is 5.02 Å². The second-order valence-electron chi connectivity index (χ2n) is 6.26. The van der Waals surface area contributed by atoms with E-state index in [9.17, 15) is 14.7 Å². The minimum atomic E-state index is -0.892. The number of pyridine rings is 1. The van der Waals surface area contributed by atoms with E-state index in [2.05, 4.69) is 4.98 Å². The summed E-state index contributed by atoms with van der Waals surface area (Å²) in [6.45, 7) is 1.31. The molecular weight excluding hydrogens is 340 g/mol. The maximum atomic E-state index is 12.5. The van der Waals surface area contributed by atoms with Crippen LogP contribution >= 0.6 is 11.6 Å². The third kappa shape index (κ3) is 4.17. The molecule has 1 saturated heterocycles. The molecule has 1 aliphatic rings. The lowest BCUT2D eigenvalue weighted by Gasteiger charge is -2.32. The van der Waals surface area contributed by atoms with Gasteiger partial charge in [-0.1, -0.05) is 29.8 Å². The molecule has 0 atom stereocenters. The number of rotatable bonds is 4. The van der Waals surface area contributed by atoms with Gasteiger partial charge in [0, 0.05) is 19.3 Å². The Balaban J connectivity index is 1.60. The van der Waals surface area contributed by atoms with Crippen LogP contribution in [0.15, 0.2) is 42.6 Å². The van der Waals surface area contributed by atoms with E-state index in [0.29, 0.717) is 35.3 Å². The standard InChI is InChI=1S/C19H19ClN2O3/c20-15-5-6-17(21-12-15)18(23)22-9-7-13(8-10-22)11-14-3-1-2-4-16(14)19(24)25/h1-6,12-13H,7-11H2,(H,24,25). The Kier molecular flexibility index (Phi) is 5.34. The highest BCUT2D eigenvalue weighted by Gasteiger charge is 2.25. The maximum absolute atomic E-state index is 12.5. The molecule has 2 heterocycles. The Hall–Kier alpha value is -2.40. The number of amides is 1. The monoisotopic (exact) mass is 358 g/mol. The van der Waals surface area contributed by atoms with Gasteiger partial charge in [-0.05, 0) is 48.9 Å². The molecule has 1 fully saturated rings. The summed E-state index contributed by atoms with van der Waals surface area (Å²) < 4.78 is 0. The average Bonchev–Trinajstić information content (AvgIpc) is 2.63. The Labute approximate surface area is 151 Å². The number of hydrogen-bond acceptors (Lipinski definition) is 3. The predicted octanol–water partition coefficient (Wildman–Crippen LogP) is 3.53. The number of carboxylic acids is 1. The van der Waals surface area contributed by atoms with Crippen LogP contribution in [0.25, 0.3) is 0 Å². The quantitative estimate of drug-likeness (QED) is 0.907. The largest absolute Gasteiger partial charge is 0.478 e. The van der Waals surface area contributed by atoms with Crippen molar-refractivity contribution in [3.8, 4) is 0 Å². The molecule has 1 aromatic heterocycles. The van der Waals surface area contributed by atoms with Crippen molar-refractivity contribution in [1.82, 2.24) is 9.88 Å². The molecule has 5 nitrogen and oxygen atoms in total. The van der Waals surface area contributed by atoms with Gasteiger partial charge in [0.1, 0.15) is 5.69 Å². The van der Waals surface area contributed by atoms with Crippen molar-refractivity contribution in [3.63, 3.8) is 0 Å². The number of aromatic carboxylic acids is 1. The van der Waals surface area contributed by atoms with Gasteiger partial charge >= 0.3 is 5.97 Å². The second kappa shape index (κ2) is 7.66. The summed E-state index contributed by atoms with van der Waals surface area (Å²) in [6.07, 6.45) is 3.91. The molecule has 130 valence electrons. The zero-order valence-electron chi connectivity index (χ0n) is 13.7. The summed E-state index contributed by atoms with van der Waals surface area (Å²) in [5.41, 5.74) is 1.63. The van der Waals surface area contributed by atoms with Crippen molar-refractivity contribution < 1.29 is 14.7 Å². The fourth-order valence-corrected chi connectivity index (χ4v) is 3.33. The number of piperidine rings is 1. The molecule has 1 aliphatic heterocycles. The van der Waals surface area contributed by atoms with Gasteiger partial charge in [0.25, 0.3) is 5.91 Å². The summed E-state index contributed by atoms with van der Waals surface area (Å²) in [7, 11) is 0. The first kappa shape index (κ1) is 17.4. The van der Waals surface area contributed by atoms with Gasteiger partial charge < -0.3 is 10.0 Å². The number of benzene rings is 1. The Morgan fingerprint density at radius 2 is 1.88 bits per heavy atom. The highest BCUT2D eigenvalue weighted by molar-refractivity contribution is 6.30. The molecule has 2 aromatic rings. The molecule has 1 N–H and O–H groups in total. The van der Waals surface area contributed by atoms with Crippen LogP contribution in [-0.2, 0) is 6.42 Å². The molecule has 1 aromatic carbocycles. The summed E-state index contributed by atoms with van der Waals surface area (Å²) >= 11 is 5.80. The normalized spacial score (nSPS) is 15.2. The highest BCUT2D eigenvalue weighted by atomic mass is 35.5. The topological polar surface area (TPSA) is 70.5 Å². The van der Waals surface area contributed by atoms with Crippen molar-refractivity contribution in [2.75, 3.05) is 13.1 Å². The van der Waals surface area contributed by atoms with Gasteiger partial charge in [0.15, 0.2) is 0 Å². The second-order valence-corrected chi connectivity index (χ2v) is 6.70. The molecule has 0 spiro atoms. The molecule has 6 heteroatoms. The molecule has 25 heavy (non-hydrogen) atoms. The SMILES string of the molecule is O=C(O)c1ccccc1CC1CCN(C(=O)c2ccc(Cl)cn2)CC1. The zero-order valence-corrected chi connectivity index (χ0v) is 14.4. The Morgan fingerprint density at radius 3 is 2.52 bits per heavy atom. The van der Waals surface area contributed by atoms with E-state index >= 15 is 0 Å². The van der Waals surface area contributed by atoms with E-state index in [0.717, 1.165) is 24.8 Å².